The summed E-state index contributed by atoms with van der Waals surface area (Å²) in [4.78, 5) is 21.6. The number of aryl methyl sites for hydroxylation is 1. The molecule has 0 spiro atoms. The van der Waals surface area contributed by atoms with Gasteiger partial charge in [-0.1, -0.05) is 31.2 Å². The molecular weight excluding hydrogens is 180 g/mol. The molecule has 0 bridgehead atoms. The number of ketones is 1. The molecular formula is C11H12O3. The number of carbonyl (C=O) groups is 2. The minimum Gasteiger partial charge on any atom is -0.481 e. The zero-order chi connectivity index (χ0) is 10.6. The molecule has 1 aromatic carbocycles. The highest BCUT2D eigenvalue weighted by Crippen LogP contribution is 2.07. The van der Waals surface area contributed by atoms with Crippen molar-refractivity contribution in [2.24, 2.45) is 0 Å². The molecule has 3 nitrogen and oxygen atoms in total. The van der Waals surface area contributed by atoms with E-state index in [1.807, 2.05) is 19.1 Å². The van der Waals surface area contributed by atoms with Gasteiger partial charge in [0.2, 0.25) is 0 Å². The molecule has 0 heterocycles. The van der Waals surface area contributed by atoms with E-state index in [1.165, 1.54) is 0 Å². The smallest absolute Gasteiger partial charge is 0.311 e. The molecule has 0 amide bonds. The monoisotopic (exact) mass is 192 g/mol. The van der Waals surface area contributed by atoms with Gasteiger partial charge < -0.3 is 5.11 Å². The molecule has 0 aliphatic rings. The summed E-state index contributed by atoms with van der Waals surface area (Å²) >= 11 is 0. The number of hydrogen-bond donors (Lipinski definition) is 1. The largest absolute Gasteiger partial charge is 0.481 e. The quantitative estimate of drug-likeness (QED) is 0.585. The summed E-state index contributed by atoms with van der Waals surface area (Å²) in [6.07, 6.45) is 0.471. The summed E-state index contributed by atoms with van der Waals surface area (Å²) in [5.74, 6) is -1.44. The van der Waals surface area contributed by atoms with Crippen LogP contribution in [0.3, 0.4) is 0 Å². The highest BCUT2D eigenvalue weighted by atomic mass is 16.4. The molecule has 1 aromatic rings. The van der Waals surface area contributed by atoms with Gasteiger partial charge >= 0.3 is 5.97 Å². The van der Waals surface area contributed by atoms with Crippen molar-refractivity contribution < 1.29 is 14.7 Å². The van der Waals surface area contributed by atoms with Gasteiger partial charge in [0.1, 0.15) is 6.42 Å². The van der Waals surface area contributed by atoms with Gasteiger partial charge in [-0.3, -0.25) is 9.59 Å². The van der Waals surface area contributed by atoms with Gasteiger partial charge in [-0.15, -0.1) is 0 Å². The second-order valence-electron chi connectivity index (χ2n) is 3.04. The zero-order valence-electron chi connectivity index (χ0n) is 7.99. The predicted octanol–water partition coefficient (Wildman–Crippen LogP) is 1.91. The Kier molecular flexibility index (Phi) is 3.40. The number of Topliss-reactive ketones (excluding diaryl/α,β-unsaturated/α-hetero) is 1. The first kappa shape index (κ1) is 10.4. The Morgan fingerprint density at radius 3 is 2.21 bits per heavy atom. The topological polar surface area (TPSA) is 54.4 Å². The van der Waals surface area contributed by atoms with E-state index in [0.717, 1.165) is 12.0 Å². The van der Waals surface area contributed by atoms with Crippen LogP contribution >= 0.6 is 0 Å². The molecule has 3 heteroatoms. The summed E-state index contributed by atoms with van der Waals surface area (Å²) in [6.45, 7) is 2.02. The second kappa shape index (κ2) is 4.56. The Balaban J connectivity index is 2.76. The van der Waals surface area contributed by atoms with Crippen LogP contribution in [0.1, 0.15) is 29.3 Å². The van der Waals surface area contributed by atoms with E-state index in [2.05, 4.69) is 0 Å². The van der Waals surface area contributed by atoms with Gasteiger partial charge in [0.05, 0.1) is 0 Å². The van der Waals surface area contributed by atoms with E-state index < -0.39 is 12.4 Å². The number of hydrogen-bond acceptors (Lipinski definition) is 2. The summed E-state index contributed by atoms with van der Waals surface area (Å²) in [7, 11) is 0. The lowest BCUT2D eigenvalue weighted by atomic mass is 10.1. The van der Waals surface area contributed by atoms with Gasteiger partial charge in [-0.25, -0.2) is 0 Å². The van der Waals surface area contributed by atoms with E-state index in [4.69, 9.17) is 5.11 Å². The number of benzene rings is 1. The third-order valence-electron chi connectivity index (χ3n) is 2.00. The Morgan fingerprint density at radius 2 is 1.79 bits per heavy atom. The van der Waals surface area contributed by atoms with Crippen molar-refractivity contribution in [2.75, 3.05) is 0 Å². The fraction of sp³-hybridized carbons (Fsp3) is 0.273. The first-order valence-electron chi connectivity index (χ1n) is 4.47. The van der Waals surface area contributed by atoms with Gasteiger partial charge in [0.15, 0.2) is 5.78 Å². The van der Waals surface area contributed by atoms with Crippen LogP contribution in [0, 0.1) is 0 Å². The second-order valence-corrected chi connectivity index (χ2v) is 3.04. The van der Waals surface area contributed by atoms with E-state index in [-0.39, 0.29) is 5.78 Å². The highest BCUT2D eigenvalue weighted by molar-refractivity contribution is 6.05. The van der Waals surface area contributed by atoms with Crippen LogP contribution in [-0.4, -0.2) is 16.9 Å². The molecule has 0 aliphatic heterocycles. The highest BCUT2D eigenvalue weighted by Gasteiger charge is 2.09. The zero-order valence-corrected chi connectivity index (χ0v) is 7.99. The minimum atomic E-state index is -1.09. The van der Waals surface area contributed by atoms with Crippen molar-refractivity contribution in [1.82, 2.24) is 0 Å². The van der Waals surface area contributed by atoms with Gasteiger partial charge in [0, 0.05) is 5.56 Å². The van der Waals surface area contributed by atoms with Crippen molar-refractivity contribution in [2.45, 2.75) is 19.8 Å². The molecule has 74 valence electrons. The van der Waals surface area contributed by atoms with Crippen LogP contribution in [-0.2, 0) is 11.2 Å². The van der Waals surface area contributed by atoms with Crippen molar-refractivity contribution in [3.63, 3.8) is 0 Å². The van der Waals surface area contributed by atoms with E-state index in [0.29, 0.717) is 5.56 Å². The van der Waals surface area contributed by atoms with E-state index in [1.54, 1.807) is 12.1 Å². The molecule has 0 fully saturated rings. The van der Waals surface area contributed by atoms with Gasteiger partial charge in [-0.05, 0) is 12.0 Å². The molecule has 0 saturated carbocycles. The first-order valence-corrected chi connectivity index (χ1v) is 4.47. The van der Waals surface area contributed by atoms with Crippen LogP contribution in [0.25, 0.3) is 0 Å². The fourth-order valence-corrected chi connectivity index (χ4v) is 1.17. The third kappa shape index (κ3) is 2.69. The molecule has 14 heavy (non-hydrogen) atoms. The van der Waals surface area contributed by atoms with Crippen LogP contribution in [0.15, 0.2) is 24.3 Å². The lowest BCUT2D eigenvalue weighted by molar-refractivity contribution is -0.135. The summed E-state index contributed by atoms with van der Waals surface area (Å²) in [6, 6.07) is 7.03. The average molecular weight is 192 g/mol. The number of aliphatic carboxylic acids is 1. The Bertz CT molecular complexity index is 338. The molecule has 1 rings (SSSR count). The van der Waals surface area contributed by atoms with Crippen molar-refractivity contribution in [3.05, 3.63) is 35.4 Å². The molecule has 0 saturated heterocycles. The molecule has 0 radical (unpaired) electrons. The Morgan fingerprint density at radius 1 is 1.21 bits per heavy atom. The van der Waals surface area contributed by atoms with Gasteiger partial charge in [-0.2, -0.15) is 0 Å². The van der Waals surface area contributed by atoms with Crippen LogP contribution in [0.2, 0.25) is 0 Å². The number of carbonyl (C=O) groups excluding carboxylic acids is 1. The van der Waals surface area contributed by atoms with Crippen molar-refractivity contribution in [3.8, 4) is 0 Å². The van der Waals surface area contributed by atoms with Crippen molar-refractivity contribution >= 4 is 11.8 Å². The van der Waals surface area contributed by atoms with Crippen LogP contribution in [0.5, 0.6) is 0 Å². The fourth-order valence-electron chi connectivity index (χ4n) is 1.17. The average Bonchev–Trinajstić information content (AvgIpc) is 2.17. The molecule has 0 aliphatic carbocycles. The maximum Gasteiger partial charge on any atom is 0.311 e. The lowest BCUT2D eigenvalue weighted by Crippen LogP contribution is -2.06. The standard InChI is InChI=1S/C11H12O3/c1-2-8-3-5-9(6-4-8)10(12)7-11(13)14/h3-6H,2,7H2,1H3,(H,13,14). The molecule has 0 unspecified atom stereocenters. The van der Waals surface area contributed by atoms with Crippen molar-refractivity contribution in [1.29, 1.82) is 0 Å². The number of carboxylic acids is 1. The normalized spacial score (nSPS) is 9.79. The maximum atomic E-state index is 11.3. The minimum absolute atomic E-state index is 0.347. The van der Waals surface area contributed by atoms with E-state index in [9.17, 15) is 9.59 Å². The van der Waals surface area contributed by atoms with E-state index >= 15 is 0 Å². The number of rotatable bonds is 4. The maximum absolute atomic E-state index is 11.3. The predicted molar refractivity (Wildman–Crippen MR) is 52.4 cm³/mol. The Hall–Kier alpha value is -1.64. The molecule has 0 aromatic heterocycles. The summed E-state index contributed by atoms with van der Waals surface area (Å²) in [5.41, 5.74) is 1.60. The Labute approximate surface area is 82.4 Å². The third-order valence-corrected chi connectivity index (χ3v) is 2.00. The molecule has 0 atom stereocenters. The van der Waals surface area contributed by atoms with Crippen LogP contribution < -0.4 is 0 Å². The summed E-state index contributed by atoms with van der Waals surface area (Å²) < 4.78 is 0. The first-order chi connectivity index (χ1) is 6.63. The van der Waals surface area contributed by atoms with Crippen LogP contribution in [0.4, 0.5) is 0 Å². The SMILES string of the molecule is CCc1ccc(C(=O)CC(=O)O)cc1. The lowest BCUT2D eigenvalue weighted by Gasteiger charge is -1.99. The summed E-state index contributed by atoms with van der Waals surface area (Å²) in [5, 5.41) is 8.43. The molecule has 1 N–H and O–H groups in total. The van der Waals surface area contributed by atoms with Gasteiger partial charge in [0.25, 0.3) is 0 Å². The number of carboxylic acid groups (broad SMARTS) is 1.